The van der Waals surface area contributed by atoms with Gasteiger partial charge in [-0.2, -0.15) is 5.10 Å². The minimum atomic E-state index is 0.537. The zero-order valence-corrected chi connectivity index (χ0v) is 6.51. The van der Waals surface area contributed by atoms with Crippen LogP contribution < -0.4 is 5.73 Å². The van der Waals surface area contributed by atoms with Gasteiger partial charge in [0.1, 0.15) is 5.82 Å². The molecule has 0 saturated carbocycles. The van der Waals surface area contributed by atoms with Gasteiger partial charge in [0.15, 0.2) is 0 Å². The highest BCUT2D eigenvalue weighted by atomic mass is 15.1. The first kappa shape index (κ1) is 8.26. The summed E-state index contributed by atoms with van der Waals surface area (Å²) in [6.45, 7) is 0. The largest absolute Gasteiger partial charge is 0.382 e. The summed E-state index contributed by atoms with van der Waals surface area (Å²) in [7, 11) is 0. The second kappa shape index (κ2) is 4.90. The first-order valence-electron chi connectivity index (χ1n) is 3.50. The third-order valence-corrected chi connectivity index (χ3v) is 1.09. The molecule has 0 aliphatic rings. The Labute approximate surface area is 70.5 Å². The number of aromatic amines is 1. The van der Waals surface area contributed by atoms with Crippen molar-refractivity contribution in [1.29, 1.82) is 0 Å². The maximum Gasteiger partial charge on any atom is 0.145 e. The Balaban J connectivity index is 0.000000120. The van der Waals surface area contributed by atoms with E-state index in [1.54, 1.807) is 24.7 Å². The summed E-state index contributed by atoms with van der Waals surface area (Å²) in [6.07, 6.45) is 5.18. The fourth-order valence-electron chi connectivity index (χ4n) is 0.584. The van der Waals surface area contributed by atoms with Gasteiger partial charge in [-0.1, -0.05) is 6.07 Å². The first-order chi connectivity index (χ1) is 5.89. The quantitative estimate of drug-likeness (QED) is 0.609. The number of pyridine rings is 1. The SMILES string of the molecule is Nc1cc[nH]n1.c1ccncc1. The van der Waals surface area contributed by atoms with Crippen LogP contribution in [0.5, 0.6) is 0 Å². The number of H-pyrrole nitrogens is 1. The summed E-state index contributed by atoms with van der Waals surface area (Å²) in [6, 6.07) is 7.41. The Morgan fingerprint density at radius 2 is 1.92 bits per heavy atom. The van der Waals surface area contributed by atoms with Crippen LogP contribution in [-0.2, 0) is 0 Å². The van der Waals surface area contributed by atoms with Gasteiger partial charge in [-0.25, -0.2) is 0 Å². The molecule has 0 atom stereocenters. The van der Waals surface area contributed by atoms with E-state index in [1.165, 1.54) is 0 Å². The zero-order valence-electron chi connectivity index (χ0n) is 6.51. The molecule has 0 bridgehead atoms. The molecule has 3 N–H and O–H groups in total. The summed E-state index contributed by atoms with van der Waals surface area (Å²) in [5.41, 5.74) is 5.14. The highest BCUT2D eigenvalue weighted by Crippen LogP contribution is 1.86. The monoisotopic (exact) mass is 162 g/mol. The van der Waals surface area contributed by atoms with Gasteiger partial charge in [-0.15, -0.1) is 0 Å². The molecule has 2 aromatic rings. The molecule has 12 heavy (non-hydrogen) atoms. The van der Waals surface area contributed by atoms with Crippen LogP contribution in [0.15, 0.2) is 42.9 Å². The van der Waals surface area contributed by atoms with E-state index < -0.39 is 0 Å². The van der Waals surface area contributed by atoms with Gasteiger partial charge in [-0.05, 0) is 18.2 Å². The molecule has 0 unspecified atom stereocenters. The molecule has 0 saturated heterocycles. The fourth-order valence-corrected chi connectivity index (χ4v) is 0.584. The van der Waals surface area contributed by atoms with E-state index in [2.05, 4.69) is 15.2 Å². The number of anilines is 1. The van der Waals surface area contributed by atoms with Crippen LogP contribution in [0.2, 0.25) is 0 Å². The van der Waals surface area contributed by atoms with Gasteiger partial charge in [0, 0.05) is 18.6 Å². The lowest BCUT2D eigenvalue weighted by Crippen LogP contribution is -1.81. The molecule has 0 fully saturated rings. The minimum absolute atomic E-state index is 0.537. The van der Waals surface area contributed by atoms with Gasteiger partial charge >= 0.3 is 0 Å². The summed E-state index contributed by atoms with van der Waals surface area (Å²) < 4.78 is 0. The van der Waals surface area contributed by atoms with Crippen molar-refractivity contribution in [3.05, 3.63) is 42.9 Å². The van der Waals surface area contributed by atoms with Gasteiger partial charge in [0.25, 0.3) is 0 Å². The van der Waals surface area contributed by atoms with Crippen molar-refractivity contribution in [3.63, 3.8) is 0 Å². The number of nitrogens with two attached hydrogens (primary N) is 1. The molecule has 2 aromatic heterocycles. The molecule has 4 heteroatoms. The molecule has 0 aliphatic carbocycles. The second-order valence-electron chi connectivity index (χ2n) is 2.02. The summed E-state index contributed by atoms with van der Waals surface area (Å²) in [5, 5.41) is 6.12. The van der Waals surface area contributed by atoms with Crippen LogP contribution in [0, 0.1) is 0 Å². The number of nitrogens with zero attached hydrogens (tertiary/aromatic N) is 2. The smallest absolute Gasteiger partial charge is 0.145 e. The molecular formula is C8H10N4. The maximum absolute atomic E-state index is 5.14. The number of nitrogen functional groups attached to an aromatic ring is 1. The van der Waals surface area contributed by atoms with Crippen molar-refractivity contribution >= 4 is 5.82 Å². The number of hydrogen-bond donors (Lipinski definition) is 2. The highest BCUT2D eigenvalue weighted by Gasteiger charge is 1.75. The van der Waals surface area contributed by atoms with Crippen molar-refractivity contribution in [2.75, 3.05) is 5.73 Å². The second-order valence-corrected chi connectivity index (χ2v) is 2.02. The molecule has 0 spiro atoms. The summed E-state index contributed by atoms with van der Waals surface area (Å²) >= 11 is 0. The van der Waals surface area contributed by atoms with Crippen LogP contribution in [0.4, 0.5) is 5.82 Å². The van der Waals surface area contributed by atoms with E-state index in [1.807, 2.05) is 18.2 Å². The van der Waals surface area contributed by atoms with Crippen molar-refractivity contribution in [1.82, 2.24) is 15.2 Å². The van der Waals surface area contributed by atoms with Crippen LogP contribution in [0.3, 0.4) is 0 Å². The van der Waals surface area contributed by atoms with E-state index in [0.29, 0.717) is 5.82 Å². The summed E-state index contributed by atoms with van der Waals surface area (Å²) in [5.74, 6) is 0.537. The number of aromatic nitrogens is 3. The average molecular weight is 162 g/mol. The van der Waals surface area contributed by atoms with Crippen LogP contribution in [0.25, 0.3) is 0 Å². The summed E-state index contributed by atoms with van der Waals surface area (Å²) in [4.78, 5) is 3.78. The fraction of sp³-hybridized carbons (Fsp3) is 0. The van der Waals surface area contributed by atoms with Crippen molar-refractivity contribution in [2.24, 2.45) is 0 Å². The van der Waals surface area contributed by atoms with E-state index in [9.17, 15) is 0 Å². The van der Waals surface area contributed by atoms with Crippen molar-refractivity contribution in [3.8, 4) is 0 Å². The first-order valence-corrected chi connectivity index (χ1v) is 3.50. The average Bonchev–Trinajstić information content (AvgIpc) is 2.60. The molecule has 0 aromatic carbocycles. The Bertz CT molecular complexity index is 250. The topological polar surface area (TPSA) is 67.6 Å². The molecular weight excluding hydrogens is 152 g/mol. The van der Waals surface area contributed by atoms with Gasteiger partial charge < -0.3 is 5.73 Å². The van der Waals surface area contributed by atoms with E-state index in [-0.39, 0.29) is 0 Å². The number of rotatable bonds is 0. The zero-order chi connectivity index (χ0) is 8.65. The molecule has 0 amide bonds. The predicted octanol–water partition coefficient (Wildman–Crippen LogP) is 1.07. The van der Waals surface area contributed by atoms with Gasteiger partial charge in [-0.3, -0.25) is 10.1 Å². The van der Waals surface area contributed by atoms with Crippen LogP contribution in [0.1, 0.15) is 0 Å². The predicted molar refractivity (Wildman–Crippen MR) is 47.2 cm³/mol. The Kier molecular flexibility index (Phi) is 3.37. The lowest BCUT2D eigenvalue weighted by atomic mass is 10.5. The molecule has 62 valence electrons. The standard InChI is InChI=1S/C5H5N.C3H5N3/c1-2-4-6-5-3-1;4-3-1-2-5-6-3/h1-5H;1-2H,(H3,4,5,6). The van der Waals surface area contributed by atoms with E-state index >= 15 is 0 Å². The lowest BCUT2D eigenvalue weighted by Gasteiger charge is -1.70. The number of hydrogen-bond acceptors (Lipinski definition) is 3. The minimum Gasteiger partial charge on any atom is -0.382 e. The van der Waals surface area contributed by atoms with Crippen LogP contribution >= 0.6 is 0 Å². The Morgan fingerprint density at radius 3 is 2.08 bits per heavy atom. The van der Waals surface area contributed by atoms with Gasteiger partial charge in [0.05, 0.1) is 0 Å². The lowest BCUT2D eigenvalue weighted by molar-refractivity contribution is 1.10. The van der Waals surface area contributed by atoms with Crippen molar-refractivity contribution < 1.29 is 0 Å². The van der Waals surface area contributed by atoms with Gasteiger partial charge in [0.2, 0.25) is 0 Å². The maximum atomic E-state index is 5.14. The molecule has 0 aliphatic heterocycles. The van der Waals surface area contributed by atoms with Crippen LogP contribution in [-0.4, -0.2) is 15.2 Å². The van der Waals surface area contributed by atoms with E-state index in [0.717, 1.165) is 0 Å². The molecule has 4 nitrogen and oxygen atoms in total. The normalized spacial score (nSPS) is 8.33. The molecule has 2 heterocycles. The Morgan fingerprint density at radius 1 is 1.17 bits per heavy atom. The van der Waals surface area contributed by atoms with E-state index in [4.69, 9.17) is 5.73 Å². The third kappa shape index (κ3) is 3.36. The highest BCUT2D eigenvalue weighted by molar-refractivity contribution is 5.22. The Hall–Kier alpha value is -1.84. The molecule has 0 radical (unpaired) electrons. The third-order valence-electron chi connectivity index (χ3n) is 1.09. The molecule has 2 rings (SSSR count). The van der Waals surface area contributed by atoms with Crippen molar-refractivity contribution in [2.45, 2.75) is 0 Å². The number of nitrogens with one attached hydrogen (secondary N) is 1.